The fourth-order valence-electron chi connectivity index (χ4n) is 0.929. The van der Waals surface area contributed by atoms with Gasteiger partial charge < -0.3 is 0 Å². The highest BCUT2D eigenvalue weighted by Gasteiger charge is 1.99. The number of benzene rings is 1. The first-order chi connectivity index (χ1) is 5.25. The number of halogens is 1. The molecule has 2 heteroatoms. The van der Waals surface area contributed by atoms with E-state index in [1.807, 2.05) is 25.1 Å². The molecule has 56 valence electrons. The molecular weight excluding hydrogens is 158 g/mol. The minimum absolute atomic E-state index is 0.437. The first-order valence-electron chi connectivity index (χ1n) is 3.36. The zero-order chi connectivity index (χ0) is 8.27. The van der Waals surface area contributed by atoms with Crippen molar-refractivity contribution in [3.63, 3.8) is 0 Å². The molecule has 0 aliphatic rings. The Balaban J connectivity index is 3.08. The van der Waals surface area contributed by atoms with Gasteiger partial charge in [0.05, 0.1) is 12.5 Å². The van der Waals surface area contributed by atoms with Crippen molar-refractivity contribution in [3.05, 3.63) is 34.3 Å². The quantitative estimate of drug-likeness (QED) is 0.628. The van der Waals surface area contributed by atoms with Crippen LogP contribution in [0.15, 0.2) is 18.2 Å². The largest absolute Gasteiger partial charge is 0.198 e. The molecular formula is C9H8ClN. The molecule has 1 rings (SSSR count). The topological polar surface area (TPSA) is 23.8 Å². The van der Waals surface area contributed by atoms with Crippen LogP contribution in [-0.2, 0) is 6.42 Å². The molecule has 0 atom stereocenters. The van der Waals surface area contributed by atoms with Gasteiger partial charge in [-0.2, -0.15) is 5.26 Å². The summed E-state index contributed by atoms with van der Waals surface area (Å²) in [5.41, 5.74) is 2.02. The zero-order valence-electron chi connectivity index (χ0n) is 6.26. The van der Waals surface area contributed by atoms with Crippen molar-refractivity contribution in [2.75, 3.05) is 0 Å². The van der Waals surface area contributed by atoms with E-state index in [0.717, 1.165) is 16.1 Å². The van der Waals surface area contributed by atoms with Crippen LogP contribution >= 0.6 is 11.6 Å². The molecule has 1 aromatic rings. The van der Waals surface area contributed by atoms with Crippen LogP contribution in [0.2, 0.25) is 5.02 Å². The Kier molecular flexibility index (Phi) is 2.51. The summed E-state index contributed by atoms with van der Waals surface area (Å²) in [5.74, 6) is 0. The molecule has 0 fully saturated rings. The minimum Gasteiger partial charge on any atom is -0.198 e. The maximum Gasteiger partial charge on any atom is 0.0669 e. The van der Waals surface area contributed by atoms with Crippen LogP contribution in [0.1, 0.15) is 11.1 Å². The summed E-state index contributed by atoms with van der Waals surface area (Å²) < 4.78 is 0. The Bertz CT molecular complexity index is 299. The van der Waals surface area contributed by atoms with E-state index in [1.165, 1.54) is 0 Å². The lowest BCUT2D eigenvalue weighted by Crippen LogP contribution is -1.86. The van der Waals surface area contributed by atoms with Crippen molar-refractivity contribution in [3.8, 4) is 6.07 Å². The molecule has 0 radical (unpaired) electrons. The van der Waals surface area contributed by atoms with Crippen molar-refractivity contribution < 1.29 is 0 Å². The average molecular weight is 166 g/mol. The summed E-state index contributed by atoms with van der Waals surface area (Å²) in [6.07, 6.45) is 0.437. The molecule has 0 heterocycles. The van der Waals surface area contributed by atoms with Crippen LogP contribution in [0.4, 0.5) is 0 Å². The summed E-state index contributed by atoms with van der Waals surface area (Å²) >= 11 is 5.84. The third-order valence-electron chi connectivity index (χ3n) is 1.65. The number of hydrogen-bond acceptors (Lipinski definition) is 1. The van der Waals surface area contributed by atoms with Crippen molar-refractivity contribution in [2.45, 2.75) is 13.3 Å². The van der Waals surface area contributed by atoms with Gasteiger partial charge in [0.25, 0.3) is 0 Å². The van der Waals surface area contributed by atoms with E-state index in [9.17, 15) is 0 Å². The Morgan fingerprint density at radius 2 is 2.27 bits per heavy atom. The molecule has 1 nitrogen and oxygen atoms in total. The fourth-order valence-corrected chi connectivity index (χ4v) is 1.12. The molecule has 0 saturated carbocycles. The summed E-state index contributed by atoms with van der Waals surface area (Å²) in [6, 6.07) is 7.71. The van der Waals surface area contributed by atoms with Gasteiger partial charge in [0.15, 0.2) is 0 Å². The second kappa shape index (κ2) is 3.41. The lowest BCUT2D eigenvalue weighted by atomic mass is 10.1. The van der Waals surface area contributed by atoms with Gasteiger partial charge in [0, 0.05) is 5.02 Å². The van der Waals surface area contributed by atoms with Crippen LogP contribution in [0, 0.1) is 18.3 Å². The van der Waals surface area contributed by atoms with Gasteiger partial charge in [-0.05, 0) is 24.1 Å². The predicted molar refractivity (Wildman–Crippen MR) is 45.5 cm³/mol. The summed E-state index contributed by atoms with van der Waals surface area (Å²) in [6.45, 7) is 1.93. The van der Waals surface area contributed by atoms with Crippen LogP contribution in [-0.4, -0.2) is 0 Å². The molecule has 0 bridgehead atoms. The first-order valence-corrected chi connectivity index (χ1v) is 3.74. The monoisotopic (exact) mass is 165 g/mol. The molecule has 0 spiro atoms. The van der Waals surface area contributed by atoms with Crippen molar-refractivity contribution >= 4 is 11.6 Å². The average Bonchev–Trinajstić information content (AvgIpc) is 1.99. The highest BCUT2D eigenvalue weighted by atomic mass is 35.5. The Hall–Kier alpha value is -1.00. The van der Waals surface area contributed by atoms with E-state index >= 15 is 0 Å². The van der Waals surface area contributed by atoms with Crippen molar-refractivity contribution in [2.24, 2.45) is 0 Å². The first kappa shape index (κ1) is 8.10. The second-order valence-electron chi connectivity index (χ2n) is 2.36. The van der Waals surface area contributed by atoms with Gasteiger partial charge >= 0.3 is 0 Å². The molecule has 0 aliphatic carbocycles. The van der Waals surface area contributed by atoms with Gasteiger partial charge in [-0.15, -0.1) is 0 Å². The summed E-state index contributed by atoms with van der Waals surface area (Å²) in [7, 11) is 0. The predicted octanol–water partition coefficient (Wildman–Crippen LogP) is 2.71. The van der Waals surface area contributed by atoms with Crippen molar-refractivity contribution in [1.29, 1.82) is 5.26 Å². The lowest BCUT2D eigenvalue weighted by molar-refractivity contribution is 1.21. The Labute approximate surface area is 71.2 Å². The highest BCUT2D eigenvalue weighted by molar-refractivity contribution is 6.31. The maximum atomic E-state index is 8.44. The third-order valence-corrected chi connectivity index (χ3v) is 2.06. The normalized spacial score (nSPS) is 9.18. The lowest BCUT2D eigenvalue weighted by Gasteiger charge is -2.01. The van der Waals surface area contributed by atoms with E-state index in [0.29, 0.717) is 6.42 Å². The molecule has 0 saturated heterocycles. The number of nitrogens with zero attached hydrogens (tertiary/aromatic N) is 1. The maximum absolute atomic E-state index is 8.44. The van der Waals surface area contributed by atoms with Gasteiger partial charge in [0.1, 0.15) is 0 Å². The third kappa shape index (κ3) is 1.72. The van der Waals surface area contributed by atoms with Gasteiger partial charge in [-0.1, -0.05) is 23.7 Å². The standard InChI is InChI=1S/C9H8ClN/c1-7-8(5-6-11)3-2-4-9(7)10/h2-4H,5H2,1H3. The SMILES string of the molecule is Cc1c(Cl)cccc1CC#N. The van der Waals surface area contributed by atoms with Crippen LogP contribution in [0.25, 0.3) is 0 Å². The van der Waals surface area contributed by atoms with E-state index in [4.69, 9.17) is 16.9 Å². The molecule has 0 unspecified atom stereocenters. The van der Waals surface area contributed by atoms with Gasteiger partial charge in [-0.25, -0.2) is 0 Å². The van der Waals surface area contributed by atoms with Crippen LogP contribution in [0.5, 0.6) is 0 Å². The van der Waals surface area contributed by atoms with Crippen LogP contribution in [0.3, 0.4) is 0 Å². The minimum atomic E-state index is 0.437. The summed E-state index contributed by atoms with van der Waals surface area (Å²) in [5, 5.41) is 9.18. The number of nitriles is 1. The van der Waals surface area contributed by atoms with Gasteiger partial charge in [-0.3, -0.25) is 0 Å². The fraction of sp³-hybridized carbons (Fsp3) is 0.222. The van der Waals surface area contributed by atoms with E-state index < -0.39 is 0 Å². The Morgan fingerprint density at radius 1 is 1.55 bits per heavy atom. The summed E-state index contributed by atoms with van der Waals surface area (Å²) in [4.78, 5) is 0. The molecule has 0 N–H and O–H groups in total. The van der Waals surface area contributed by atoms with Gasteiger partial charge in [0.2, 0.25) is 0 Å². The molecule has 1 aromatic carbocycles. The van der Waals surface area contributed by atoms with E-state index in [2.05, 4.69) is 6.07 Å². The molecule has 0 aromatic heterocycles. The molecule has 11 heavy (non-hydrogen) atoms. The van der Waals surface area contributed by atoms with E-state index in [-0.39, 0.29) is 0 Å². The smallest absolute Gasteiger partial charge is 0.0669 e. The van der Waals surface area contributed by atoms with E-state index in [1.54, 1.807) is 0 Å². The number of hydrogen-bond donors (Lipinski definition) is 0. The van der Waals surface area contributed by atoms with Crippen LogP contribution < -0.4 is 0 Å². The highest BCUT2D eigenvalue weighted by Crippen LogP contribution is 2.18. The zero-order valence-corrected chi connectivity index (χ0v) is 7.02. The second-order valence-corrected chi connectivity index (χ2v) is 2.77. The molecule has 0 aliphatic heterocycles. The molecule has 0 amide bonds. The number of rotatable bonds is 1. The van der Waals surface area contributed by atoms with Crippen molar-refractivity contribution in [1.82, 2.24) is 0 Å². The Morgan fingerprint density at radius 3 is 2.91 bits per heavy atom.